The zero-order valence-electron chi connectivity index (χ0n) is 51.0. The van der Waals surface area contributed by atoms with Crippen molar-refractivity contribution in [2.45, 2.75) is 79.4 Å². The van der Waals surface area contributed by atoms with E-state index in [1.54, 1.807) is 88.4 Å². The third-order valence-corrected chi connectivity index (χ3v) is 17.0. The molecule has 0 saturated carbocycles. The fourth-order valence-electron chi connectivity index (χ4n) is 11.9. The molecule has 0 atom stereocenters. The summed E-state index contributed by atoms with van der Waals surface area (Å²) in [5.74, 6) is 1.97. The number of fused-ring (bicyclic) bond motifs is 6. The van der Waals surface area contributed by atoms with E-state index < -0.39 is 0 Å². The molecule has 23 nitrogen and oxygen atoms in total. The largest absolute Gasteiger partial charge is 0.506 e. The van der Waals surface area contributed by atoms with Crippen molar-refractivity contribution in [3.63, 3.8) is 0 Å². The van der Waals surface area contributed by atoms with Gasteiger partial charge in [0.05, 0.1) is 45.6 Å². The minimum absolute atomic E-state index is 0.0515. The van der Waals surface area contributed by atoms with Crippen molar-refractivity contribution in [1.29, 1.82) is 0 Å². The number of ketones is 1. The van der Waals surface area contributed by atoms with Crippen molar-refractivity contribution < 1.29 is 9.90 Å². The molecule has 0 fully saturated rings. The van der Waals surface area contributed by atoms with Gasteiger partial charge < -0.3 is 34.4 Å². The van der Waals surface area contributed by atoms with Gasteiger partial charge in [0.2, 0.25) is 11.9 Å². The number of aromatic amines is 3. The Hall–Kier alpha value is -10.9. The molecule has 0 saturated heterocycles. The van der Waals surface area contributed by atoms with Crippen LogP contribution in [0, 0.1) is 20.8 Å². The fourth-order valence-corrected chi connectivity index (χ4v) is 12.1. The van der Waals surface area contributed by atoms with Gasteiger partial charge in [-0.25, -0.2) is 34.9 Å². The highest BCUT2D eigenvalue weighted by Gasteiger charge is 2.24. The molecule has 24 heteroatoms. The topological polar surface area (TPSA) is 278 Å². The molecule has 0 spiro atoms. The van der Waals surface area contributed by atoms with Gasteiger partial charge in [0.1, 0.15) is 28.5 Å². The van der Waals surface area contributed by atoms with Crippen LogP contribution in [-0.4, -0.2) is 116 Å². The molecule has 0 aromatic carbocycles. The summed E-state index contributed by atoms with van der Waals surface area (Å²) in [4.78, 5) is 106. The maximum atomic E-state index is 13.1. The van der Waals surface area contributed by atoms with Gasteiger partial charge in [-0.3, -0.25) is 42.8 Å². The average Bonchev–Trinajstić information content (AvgIpc) is 1.75. The van der Waals surface area contributed by atoms with Gasteiger partial charge in [0.25, 0.3) is 16.7 Å². The van der Waals surface area contributed by atoms with Crippen molar-refractivity contribution >= 4 is 73.4 Å². The van der Waals surface area contributed by atoms with E-state index in [9.17, 15) is 24.3 Å². The van der Waals surface area contributed by atoms with E-state index in [1.807, 2.05) is 97.2 Å². The lowest BCUT2D eigenvalue weighted by Crippen LogP contribution is -2.36. The molecule has 2 aliphatic heterocycles. The molecule has 4 N–H and O–H groups in total. The number of anilines is 2. The standard InChI is InChI=1S/C23H21ClN6O.C22H22N6O2.C22H20N6O2/c1-13(2)30-12-27-21-19(30)6-7-29(23(21)31)20-5-4-15(14(3)28-20)8-16-10-25-22-18(16)9-17(24)11-26-22;1-13-14(8-15-10-23-20-17(15)9-16(29)11-24-20)4-5-19(26-13)18-12-25-22-27(2)6-3-7-28(22)21(18)30;1-13-14(19(29)16-11-24-20-15(16)5-3-8-23-20)6-7-18(26-13)17-12-25-22-27(2)9-4-10-28(22)21(17)30/h4-7,9-13H,8H2,1-3H3,(H,25,26);4-5,9-12,29H,3,6-8H2,1-2H3,(H,23,24);3,5-8,11-12H,4,9-10H2,1-2H3,(H,23,24). The molecule has 0 aliphatic carbocycles. The normalized spacial score (nSPS) is 12.9. The summed E-state index contributed by atoms with van der Waals surface area (Å²) in [6.45, 7) is 12.9. The van der Waals surface area contributed by atoms with Gasteiger partial charge in [0.15, 0.2) is 11.3 Å². The molecule has 13 aromatic rings. The third kappa shape index (κ3) is 11.3. The second-order valence-corrected chi connectivity index (χ2v) is 23.6. The van der Waals surface area contributed by atoms with Gasteiger partial charge in [-0.2, -0.15) is 0 Å². The van der Waals surface area contributed by atoms with Gasteiger partial charge in [-0.15, -0.1) is 0 Å². The molecule has 458 valence electrons. The zero-order valence-corrected chi connectivity index (χ0v) is 51.8. The monoisotopic (exact) mass is 1230 g/mol. The number of imidazole rings is 1. The van der Waals surface area contributed by atoms with Crippen LogP contribution in [0.3, 0.4) is 0 Å². The number of H-pyrrole nitrogens is 3. The van der Waals surface area contributed by atoms with E-state index >= 15 is 0 Å². The highest BCUT2D eigenvalue weighted by Crippen LogP contribution is 2.29. The summed E-state index contributed by atoms with van der Waals surface area (Å²) < 4.78 is 6.96. The fraction of sp³-hybridized carbons (Fsp3) is 0.239. The molecule has 0 amide bonds. The number of aromatic nitrogens is 16. The summed E-state index contributed by atoms with van der Waals surface area (Å²) >= 11 is 6.12. The first-order chi connectivity index (χ1) is 44.0. The molecule has 2 aliphatic rings. The van der Waals surface area contributed by atoms with E-state index in [0.29, 0.717) is 99.2 Å². The lowest BCUT2D eigenvalue weighted by atomic mass is 10.0. The van der Waals surface area contributed by atoms with Crippen LogP contribution in [0.1, 0.15) is 88.0 Å². The molecular weight excluding hydrogens is 1170 g/mol. The number of rotatable bonds is 10. The summed E-state index contributed by atoms with van der Waals surface area (Å²) in [5.41, 5.74) is 12.8. The Morgan fingerprint density at radius 2 is 1.18 bits per heavy atom. The second-order valence-electron chi connectivity index (χ2n) is 23.1. The van der Waals surface area contributed by atoms with Crippen molar-refractivity contribution in [3.8, 4) is 34.1 Å². The average molecular weight is 1240 g/mol. The number of hydrogen-bond acceptors (Lipinski definition) is 16. The summed E-state index contributed by atoms with van der Waals surface area (Å²) in [7, 11) is 3.88. The van der Waals surface area contributed by atoms with Crippen molar-refractivity contribution in [1.82, 2.24) is 78.1 Å². The van der Waals surface area contributed by atoms with Crippen LogP contribution in [0.15, 0.2) is 143 Å². The van der Waals surface area contributed by atoms with E-state index in [2.05, 4.69) is 63.7 Å². The molecule has 13 aromatic heterocycles. The smallest absolute Gasteiger partial charge is 0.284 e. The Balaban J connectivity index is 0.000000125. The number of carbonyl (C=O) groups excluding carboxylic acids is 1. The highest BCUT2D eigenvalue weighted by atomic mass is 35.5. The first-order valence-corrected chi connectivity index (χ1v) is 30.2. The van der Waals surface area contributed by atoms with Gasteiger partial charge >= 0.3 is 0 Å². The first-order valence-electron chi connectivity index (χ1n) is 29.8. The minimum Gasteiger partial charge on any atom is -0.506 e. The number of halogens is 1. The number of nitrogens with one attached hydrogen (secondary N) is 3. The SMILES string of the molecule is Cc1nc(-c2cnc3n(c2=O)CCCN3C)ccc1C(=O)c1c[nH]c2ncccc12.Cc1nc(-c2cnc3n(c2=O)CCCN3C)ccc1Cc1c[nH]c2ncc(O)cc12.Cc1nc(-n2ccc3c(ncn3C(C)C)c2=O)ccc1Cc1c[nH]c2ncc(Cl)cc12. The van der Waals surface area contributed by atoms with Crippen LogP contribution in [-0.2, 0) is 25.9 Å². The maximum Gasteiger partial charge on any atom is 0.284 e. The van der Waals surface area contributed by atoms with E-state index in [1.165, 1.54) is 6.20 Å². The van der Waals surface area contributed by atoms with Crippen LogP contribution in [0.25, 0.3) is 72.5 Å². The van der Waals surface area contributed by atoms with E-state index in [4.69, 9.17) is 21.6 Å². The van der Waals surface area contributed by atoms with Gasteiger partial charge in [0, 0.05) is 153 Å². The number of pyridine rings is 7. The predicted molar refractivity (Wildman–Crippen MR) is 351 cm³/mol. The van der Waals surface area contributed by atoms with Crippen molar-refractivity contribution in [2.24, 2.45) is 0 Å². The summed E-state index contributed by atoms with van der Waals surface area (Å²) in [6.07, 6.45) is 20.1. The number of hydrogen-bond donors (Lipinski definition) is 4. The molecule has 15 rings (SSSR count). The Morgan fingerprint density at radius 3 is 1.80 bits per heavy atom. The first kappa shape index (κ1) is 59.0. The predicted octanol–water partition coefficient (Wildman–Crippen LogP) is 9.78. The number of aromatic hydroxyl groups is 1. The maximum absolute atomic E-state index is 13.1. The number of nitrogens with zero attached hydrogens (tertiary/aromatic N) is 15. The quantitative estimate of drug-likeness (QED) is 0.0927. The molecule has 15 heterocycles. The number of carbonyl (C=O) groups is 1. The Kier molecular flexibility index (Phi) is 15.7. The van der Waals surface area contributed by atoms with Crippen molar-refractivity contribution in [3.05, 3.63) is 215 Å². The zero-order chi connectivity index (χ0) is 63.4. The van der Waals surface area contributed by atoms with Crippen LogP contribution < -0.4 is 26.5 Å². The lowest BCUT2D eigenvalue weighted by molar-refractivity contribution is 0.103. The molecule has 0 radical (unpaired) electrons. The molecular formula is C67H63ClN18O5. The summed E-state index contributed by atoms with van der Waals surface area (Å²) in [5, 5.41) is 13.0. The van der Waals surface area contributed by atoms with Crippen LogP contribution >= 0.6 is 11.6 Å². The van der Waals surface area contributed by atoms with Crippen LogP contribution in [0.5, 0.6) is 5.75 Å². The lowest BCUT2D eigenvalue weighted by Gasteiger charge is -2.27. The second kappa shape index (κ2) is 24.2. The Labute approximate surface area is 524 Å². The minimum atomic E-state index is -0.172. The van der Waals surface area contributed by atoms with E-state index in [0.717, 1.165) is 92.5 Å². The third-order valence-electron chi connectivity index (χ3n) is 16.8. The highest BCUT2D eigenvalue weighted by molar-refractivity contribution is 6.31. The van der Waals surface area contributed by atoms with Crippen LogP contribution in [0.2, 0.25) is 5.02 Å². The number of aryl methyl sites for hydroxylation is 3. The Bertz CT molecular complexity index is 5190. The molecule has 91 heavy (non-hydrogen) atoms. The van der Waals surface area contributed by atoms with Crippen molar-refractivity contribution in [2.75, 3.05) is 37.0 Å². The summed E-state index contributed by atoms with van der Waals surface area (Å²) in [6, 6.07) is 20.6. The molecule has 0 bridgehead atoms. The van der Waals surface area contributed by atoms with E-state index in [-0.39, 0.29) is 34.3 Å². The Morgan fingerprint density at radius 1 is 0.593 bits per heavy atom. The van der Waals surface area contributed by atoms with Gasteiger partial charge in [-0.05, 0) is 124 Å². The van der Waals surface area contributed by atoms with Gasteiger partial charge in [-0.1, -0.05) is 23.7 Å². The molecule has 0 unspecified atom stereocenters. The van der Waals surface area contributed by atoms with Crippen LogP contribution in [0.4, 0.5) is 11.9 Å².